The number of hydrogen-bond acceptors (Lipinski definition) is 2. The minimum Gasteiger partial charge on any atom is -0.462 e. The Morgan fingerprint density at radius 3 is 2.07 bits per heavy atom. The van der Waals surface area contributed by atoms with Crippen LogP contribution in [-0.4, -0.2) is 12.6 Å². The summed E-state index contributed by atoms with van der Waals surface area (Å²) < 4.78 is 4.81. The summed E-state index contributed by atoms with van der Waals surface area (Å²) in [7, 11) is 0. The first kappa shape index (κ1) is 16.1. The molecule has 0 heterocycles. The summed E-state index contributed by atoms with van der Waals surface area (Å²) >= 11 is 0. The molecule has 86 valence electrons. The number of esters is 1. The smallest absolute Gasteiger partial charge is 0.333 e. The molecule has 0 fully saturated rings. The van der Waals surface area contributed by atoms with Gasteiger partial charge in [0.2, 0.25) is 0 Å². The molecule has 0 aromatic rings. The summed E-state index contributed by atoms with van der Waals surface area (Å²) in [5, 5.41) is 0. The molecule has 0 aliphatic rings. The van der Waals surface area contributed by atoms with Crippen molar-refractivity contribution in [1.29, 1.82) is 0 Å². The molecule has 0 rings (SSSR count). The second-order valence-corrected chi connectivity index (χ2v) is 3.32. The molecule has 0 N–H and O–H groups in total. The van der Waals surface area contributed by atoms with E-state index in [4.69, 9.17) is 4.74 Å². The standard InChI is InChI=1S/C8H14O2.C5H8/c1-4-5-6-10-8(9)7(2)3;1-4-5(2)3/h2,4-6H2,1,3H3;4H,1-2H2,3H3. The third-order valence-corrected chi connectivity index (χ3v) is 1.43. The van der Waals surface area contributed by atoms with Gasteiger partial charge >= 0.3 is 5.97 Å². The Kier molecular flexibility index (Phi) is 11.6. The lowest BCUT2D eigenvalue weighted by Gasteiger charge is -2.01. The van der Waals surface area contributed by atoms with Crippen LogP contribution in [-0.2, 0) is 9.53 Å². The Labute approximate surface area is 93.3 Å². The second-order valence-electron chi connectivity index (χ2n) is 3.32. The van der Waals surface area contributed by atoms with Gasteiger partial charge < -0.3 is 4.74 Å². The van der Waals surface area contributed by atoms with Crippen LogP contribution in [0, 0.1) is 0 Å². The van der Waals surface area contributed by atoms with Crippen molar-refractivity contribution in [2.24, 2.45) is 0 Å². The second kappa shape index (κ2) is 10.8. The number of carbonyl (C=O) groups is 1. The van der Waals surface area contributed by atoms with Crippen LogP contribution < -0.4 is 0 Å². The van der Waals surface area contributed by atoms with Gasteiger partial charge in [0.25, 0.3) is 0 Å². The lowest BCUT2D eigenvalue weighted by Crippen LogP contribution is -2.05. The number of allylic oxidation sites excluding steroid dienone is 2. The molecule has 0 amide bonds. The maximum atomic E-state index is 10.7. The molecule has 0 saturated heterocycles. The van der Waals surface area contributed by atoms with E-state index in [1.165, 1.54) is 0 Å². The maximum absolute atomic E-state index is 10.7. The summed E-state index contributed by atoms with van der Waals surface area (Å²) in [6.45, 7) is 16.6. The zero-order valence-corrected chi connectivity index (χ0v) is 10.1. The zero-order valence-electron chi connectivity index (χ0n) is 10.1. The molecule has 0 aliphatic heterocycles. The zero-order chi connectivity index (χ0) is 12.3. The number of unbranched alkanes of at least 4 members (excludes halogenated alkanes) is 1. The third-order valence-electron chi connectivity index (χ3n) is 1.43. The molecule has 15 heavy (non-hydrogen) atoms. The Morgan fingerprint density at radius 1 is 1.33 bits per heavy atom. The summed E-state index contributed by atoms with van der Waals surface area (Å²) in [5.74, 6) is -0.284. The molecular weight excluding hydrogens is 188 g/mol. The maximum Gasteiger partial charge on any atom is 0.333 e. The van der Waals surface area contributed by atoms with Crippen LogP contribution >= 0.6 is 0 Å². The van der Waals surface area contributed by atoms with Crippen LogP contribution in [0.3, 0.4) is 0 Å². The quantitative estimate of drug-likeness (QED) is 0.299. The molecule has 0 spiro atoms. The fourth-order valence-electron chi connectivity index (χ4n) is 0.432. The molecule has 0 aliphatic carbocycles. The first-order chi connectivity index (χ1) is 6.95. The van der Waals surface area contributed by atoms with E-state index in [2.05, 4.69) is 26.7 Å². The average Bonchev–Trinajstić information content (AvgIpc) is 2.18. The van der Waals surface area contributed by atoms with E-state index >= 15 is 0 Å². The Balaban J connectivity index is 0. The molecule has 0 bridgehead atoms. The van der Waals surface area contributed by atoms with Gasteiger partial charge in [-0.05, 0) is 20.3 Å². The van der Waals surface area contributed by atoms with Gasteiger partial charge in [-0.2, -0.15) is 0 Å². The largest absolute Gasteiger partial charge is 0.462 e. The Morgan fingerprint density at radius 2 is 1.80 bits per heavy atom. The predicted octanol–water partition coefficient (Wildman–Crippen LogP) is 3.65. The van der Waals surface area contributed by atoms with Crippen molar-refractivity contribution in [2.45, 2.75) is 33.6 Å². The van der Waals surface area contributed by atoms with E-state index in [-0.39, 0.29) is 5.97 Å². The third kappa shape index (κ3) is 15.4. The highest BCUT2D eigenvalue weighted by Gasteiger charge is 2.00. The number of rotatable bonds is 5. The molecule has 0 atom stereocenters. The van der Waals surface area contributed by atoms with E-state index in [0.29, 0.717) is 12.2 Å². The van der Waals surface area contributed by atoms with Gasteiger partial charge in [-0.15, -0.1) is 0 Å². The minimum absolute atomic E-state index is 0.284. The van der Waals surface area contributed by atoms with E-state index in [0.717, 1.165) is 18.4 Å². The summed E-state index contributed by atoms with van der Waals surface area (Å²) in [6, 6.07) is 0. The highest BCUT2D eigenvalue weighted by Crippen LogP contribution is 1.94. The summed E-state index contributed by atoms with van der Waals surface area (Å²) in [4.78, 5) is 10.7. The van der Waals surface area contributed by atoms with Crippen molar-refractivity contribution in [3.63, 3.8) is 0 Å². The number of ether oxygens (including phenoxy) is 1. The fraction of sp³-hybridized carbons (Fsp3) is 0.462. The van der Waals surface area contributed by atoms with Crippen molar-refractivity contribution < 1.29 is 9.53 Å². The van der Waals surface area contributed by atoms with Crippen molar-refractivity contribution in [3.05, 3.63) is 37.0 Å². The lowest BCUT2D eigenvalue weighted by molar-refractivity contribution is -0.139. The van der Waals surface area contributed by atoms with Crippen molar-refractivity contribution in [2.75, 3.05) is 6.61 Å². The van der Waals surface area contributed by atoms with Gasteiger partial charge in [0.15, 0.2) is 0 Å². The van der Waals surface area contributed by atoms with Gasteiger partial charge in [0.05, 0.1) is 6.61 Å². The van der Waals surface area contributed by atoms with E-state index in [1.54, 1.807) is 13.0 Å². The average molecular weight is 210 g/mol. The first-order valence-electron chi connectivity index (χ1n) is 5.06. The summed E-state index contributed by atoms with van der Waals surface area (Å²) in [5.41, 5.74) is 1.49. The SMILES string of the molecule is C=C(C)C(=O)OCCCC.C=CC(=C)C. The van der Waals surface area contributed by atoms with Crippen LogP contribution in [0.5, 0.6) is 0 Å². The van der Waals surface area contributed by atoms with Gasteiger partial charge in [-0.3, -0.25) is 0 Å². The van der Waals surface area contributed by atoms with Crippen LogP contribution in [0.2, 0.25) is 0 Å². The van der Waals surface area contributed by atoms with Crippen LogP contribution in [0.25, 0.3) is 0 Å². The lowest BCUT2D eigenvalue weighted by atomic mass is 10.3. The molecule has 0 aromatic heterocycles. The van der Waals surface area contributed by atoms with Crippen LogP contribution in [0.4, 0.5) is 0 Å². The van der Waals surface area contributed by atoms with E-state index < -0.39 is 0 Å². The normalized spacial score (nSPS) is 8.20. The fourth-order valence-corrected chi connectivity index (χ4v) is 0.432. The highest BCUT2D eigenvalue weighted by atomic mass is 16.5. The number of hydrogen-bond donors (Lipinski definition) is 0. The van der Waals surface area contributed by atoms with Gasteiger partial charge in [-0.25, -0.2) is 4.79 Å². The molecule has 0 aromatic carbocycles. The van der Waals surface area contributed by atoms with Crippen LogP contribution in [0.15, 0.2) is 37.0 Å². The van der Waals surface area contributed by atoms with Crippen molar-refractivity contribution >= 4 is 5.97 Å². The molecule has 2 nitrogen and oxygen atoms in total. The number of carbonyl (C=O) groups excluding carboxylic acids is 1. The molecule has 0 radical (unpaired) electrons. The van der Waals surface area contributed by atoms with Gasteiger partial charge in [0, 0.05) is 5.57 Å². The van der Waals surface area contributed by atoms with Gasteiger partial charge in [-0.1, -0.05) is 44.7 Å². The Bertz CT molecular complexity index is 227. The predicted molar refractivity (Wildman–Crippen MR) is 65.7 cm³/mol. The first-order valence-corrected chi connectivity index (χ1v) is 5.06. The van der Waals surface area contributed by atoms with E-state index in [9.17, 15) is 4.79 Å². The molecule has 2 heteroatoms. The topological polar surface area (TPSA) is 26.3 Å². The monoisotopic (exact) mass is 210 g/mol. The molecule has 0 unspecified atom stereocenters. The summed E-state index contributed by atoms with van der Waals surface area (Å²) in [6.07, 6.45) is 3.70. The van der Waals surface area contributed by atoms with Gasteiger partial charge in [0.1, 0.15) is 0 Å². The van der Waals surface area contributed by atoms with Crippen molar-refractivity contribution in [3.8, 4) is 0 Å². The highest BCUT2D eigenvalue weighted by molar-refractivity contribution is 5.86. The molecular formula is C13H22O2. The molecule has 0 saturated carbocycles. The van der Waals surface area contributed by atoms with Crippen LogP contribution in [0.1, 0.15) is 33.6 Å². The Hall–Kier alpha value is -1.31. The van der Waals surface area contributed by atoms with E-state index in [1.807, 2.05) is 6.92 Å². The minimum atomic E-state index is -0.284. The van der Waals surface area contributed by atoms with Crippen molar-refractivity contribution in [1.82, 2.24) is 0 Å².